The van der Waals surface area contributed by atoms with Crippen LogP contribution in [0.1, 0.15) is 25.5 Å². The van der Waals surface area contributed by atoms with Crippen LogP contribution in [0.2, 0.25) is 0 Å². The van der Waals surface area contributed by atoms with Crippen molar-refractivity contribution in [2.75, 3.05) is 34.0 Å². The Morgan fingerprint density at radius 3 is 2.37 bits per heavy atom. The molecule has 0 aliphatic carbocycles. The summed E-state index contributed by atoms with van der Waals surface area (Å²) in [7, 11) is 3.62. The molecule has 0 aliphatic rings. The zero-order valence-electron chi connectivity index (χ0n) is 12.3. The number of hydrogen-bond acceptors (Lipinski definition) is 4. The Kier molecular flexibility index (Phi) is 7.48. The summed E-state index contributed by atoms with van der Waals surface area (Å²) in [5.41, 5.74) is 1.19. The number of likely N-dealkylation sites (N-methyl/N-ethyl adjacent to an activating group) is 1. The Morgan fingerprint density at radius 2 is 1.84 bits per heavy atom. The summed E-state index contributed by atoms with van der Waals surface area (Å²) in [6.45, 7) is 5.91. The van der Waals surface area contributed by atoms with Gasteiger partial charge in [0.05, 0.1) is 32.0 Å². The van der Waals surface area contributed by atoms with E-state index in [9.17, 15) is 0 Å². The zero-order valence-corrected chi connectivity index (χ0v) is 12.3. The predicted molar refractivity (Wildman–Crippen MR) is 76.7 cm³/mol. The van der Waals surface area contributed by atoms with E-state index in [2.05, 4.69) is 17.4 Å². The largest absolute Gasteiger partial charge is 0.494 e. The fourth-order valence-electron chi connectivity index (χ4n) is 1.85. The lowest BCUT2D eigenvalue weighted by Gasteiger charge is -2.20. The van der Waals surface area contributed by atoms with E-state index in [1.54, 1.807) is 7.11 Å². The van der Waals surface area contributed by atoms with Crippen molar-refractivity contribution in [2.45, 2.75) is 26.0 Å². The third-order valence-corrected chi connectivity index (χ3v) is 2.89. The van der Waals surface area contributed by atoms with E-state index in [1.807, 2.05) is 33.0 Å². The van der Waals surface area contributed by atoms with Crippen molar-refractivity contribution in [1.82, 2.24) is 5.32 Å². The smallest absolute Gasteiger partial charge is 0.119 e. The van der Waals surface area contributed by atoms with E-state index in [-0.39, 0.29) is 12.1 Å². The minimum absolute atomic E-state index is 0.101. The van der Waals surface area contributed by atoms with Crippen LogP contribution in [0.5, 0.6) is 5.75 Å². The monoisotopic (exact) mass is 267 g/mol. The SMILES string of the molecule is CCOc1ccc(C(COC(C)COC)NC)cc1. The maximum atomic E-state index is 5.75. The molecule has 19 heavy (non-hydrogen) atoms. The van der Waals surface area contributed by atoms with Gasteiger partial charge in [0.2, 0.25) is 0 Å². The summed E-state index contributed by atoms with van der Waals surface area (Å²) in [6, 6.07) is 8.28. The molecule has 0 aromatic heterocycles. The Morgan fingerprint density at radius 1 is 1.16 bits per heavy atom. The molecule has 0 radical (unpaired) electrons. The second-order valence-corrected chi connectivity index (χ2v) is 4.44. The van der Waals surface area contributed by atoms with Crippen LogP contribution in [0.15, 0.2) is 24.3 Å². The number of nitrogens with one attached hydrogen (secondary N) is 1. The molecule has 2 unspecified atom stereocenters. The molecule has 0 spiro atoms. The van der Waals surface area contributed by atoms with Crippen LogP contribution < -0.4 is 10.1 Å². The minimum atomic E-state index is 0.101. The van der Waals surface area contributed by atoms with E-state index >= 15 is 0 Å². The van der Waals surface area contributed by atoms with Crippen LogP contribution in [0.25, 0.3) is 0 Å². The highest BCUT2D eigenvalue weighted by Crippen LogP contribution is 2.18. The Balaban J connectivity index is 2.53. The first-order chi connectivity index (χ1) is 9.21. The van der Waals surface area contributed by atoms with Gasteiger partial charge in [-0.05, 0) is 38.6 Å². The highest BCUT2D eigenvalue weighted by molar-refractivity contribution is 5.29. The number of benzene rings is 1. The number of rotatable bonds is 9. The maximum absolute atomic E-state index is 5.75. The van der Waals surface area contributed by atoms with Gasteiger partial charge in [-0.2, -0.15) is 0 Å². The fraction of sp³-hybridized carbons (Fsp3) is 0.600. The Bertz CT molecular complexity index is 340. The third-order valence-electron chi connectivity index (χ3n) is 2.89. The summed E-state index contributed by atoms with van der Waals surface area (Å²) in [6.07, 6.45) is 0.101. The van der Waals surface area contributed by atoms with Crippen molar-refractivity contribution in [1.29, 1.82) is 0 Å². The van der Waals surface area contributed by atoms with Gasteiger partial charge in [-0.3, -0.25) is 0 Å². The molecule has 2 atom stereocenters. The van der Waals surface area contributed by atoms with Crippen LogP contribution in [0, 0.1) is 0 Å². The second kappa shape index (κ2) is 8.91. The highest BCUT2D eigenvalue weighted by Gasteiger charge is 2.11. The normalized spacial score (nSPS) is 14.1. The summed E-state index contributed by atoms with van der Waals surface area (Å²) in [5, 5.41) is 3.26. The standard InChI is InChI=1S/C15H25NO3/c1-5-18-14-8-6-13(7-9-14)15(16-3)11-19-12(2)10-17-4/h6-9,12,15-16H,5,10-11H2,1-4H3. The van der Waals surface area contributed by atoms with Crippen LogP contribution in [-0.4, -0.2) is 40.1 Å². The summed E-state index contributed by atoms with van der Waals surface area (Å²) < 4.78 is 16.2. The summed E-state index contributed by atoms with van der Waals surface area (Å²) in [5.74, 6) is 0.898. The van der Waals surface area contributed by atoms with Gasteiger partial charge in [0.1, 0.15) is 5.75 Å². The maximum Gasteiger partial charge on any atom is 0.119 e. The molecule has 0 aliphatic heterocycles. The second-order valence-electron chi connectivity index (χ2n) is 4.44. The first-order valence-electron chi connectivity index (χ1n) is 6.71. The van der Waals surface area contributed by atoms with Gasteiger partial charge < -0.3 is 19.5 Å². The number of hydrogen-bond donors (Lipinski definition) is 1. The lowest BCUT2D eigenvalue weighted by Crippen LogP contribution is -2.25. The fourth-order valence-corrected chi connectivity index (χ4v) is 1.85. The van der Waals surface area contributed by atoms with Gasteiger partial charge in [-0.1, -0.05) is 12.1 Å². The van der Waals surface area contributed by atoms with Gasteiger partial charge in [0, 0.05) is 7.11 Å². The molecule has 0 fully saturated rings. The average molecular weight is 267 g/mol. The van der Waals surface area contributed by atoms with E-state index in [0.717, 1.165) is 5.75 Å². The highest BCUT2D eigenvalue weighted by atomic mass is 16.5. The number of ether oxygens (including phenoxy) is 3. The molecule has 0 heterocycles. The van der Waals surface area contributed by atoms with Crippen molar-refractivity contribution >= 4 is 0 Å². The van der Waals surface area contributed by atoms with Gasteiger partial charge in [-0.15, -0.1) is 0 Å². The van der Waals surface area contributed by atoms with Gasteiger partial charge in [-0.25, -0.2) is 0 Å². The molecule has 4 nitrogen and oxygen atoms in total. The molecule has 108 valence electrons. The molecule has 0 saturated heterocycles. The predicted octanol–water partition coefficient (Wildman–Crippen LogP) is 2.40. The summed E-state index contributed by atoms with van der Waals surface area (Å²) in [4.78, 5) is 0. The van der Waals surface area contributed by atoms with Crippen LogP contribution in [0.3, 0.4) is 0 Å². The van der Waals surface area contributed by atoms with Gasteiger partial charge in [0.25, 0.3) is 0 Å². The van der Waals surface area contributed by atoms with E-state index in [0.29, 0.717) is 19.8 Å². The summed E-state index contributed by atoms with van der Waals surface area (Å²) >= 11 is 0. The van der Waals surface area contributed by atoms with Crippen molar-refractivity contribution < 1.29 is 14.2 Å². The third kappa shape index (κ3) is 5.59. The van der Waals surface area contributed by atoms with Crippen molar-refractivity contribution in [3.8, 4) is 5.75 Å². The van der Waals surface area contributed by atoms with Gasteiger partial charge in [0.15, 0.2) is 0 Å². The molecule has 0 amide bonds. The van der Waals surface area contributed by atoms with E-state index in [1.165, 1.54) is 5.56 Å². The first kappa shape index (κ1) is 16.0. The van der Waals surface area contributed by atoms with Crippen LogP contribution in [-0.2, 0) is 9.47 Å². The average Bonchev–Trinajstić information content (AvgIpc) is 2.42. The molecule has 1 N–H and O–H groups in total. The van der Waals surface area contributed by atoms with Crippen molar-refractivity contribution in [3.63, 3.8) is 0 Å². The first-order valence-corrected chi connectivity index (χ1v) is 6.71. The van der Waals surface area contributed by atoms with E-state index < -0.39 is 0 Å². The Hall–Kier alpha value is -1.10. The molecular weight excluding hydrogens is 242 g/mol. The molecular formula is C15H25NO3. The molecule has 0 saturated carbocycles. The van der Waals surface area contributed by atoms with E-state index in [4.69, 9.17) is 14.2 Å². The number of methoxy groups -OCH3 is 1. The molecule has 1 aromatic carbocycles. The van der Waals surface area contributed by atoms with Crippen molar-refractivity contribution in [2.24, 2.45) is 0 Å². The lowest BCUT2D eigenvalue weighted by molar-refractivity contribution is 0.000206. The Labute approximate surface area is 116 Å². The molecule has 1 rings (SSSR count). The zero-order chi connectivity index (χ0) is 14.1. The topological polar surface area (TPSA) is 39.7 Å². The van der Waals surface area contributed by atoms with Crippen LogP contribution in [0.4, 0.5) is 0 Å². The minimum Gasteiger partial charge on any atom is -0.494 e. The molecule has 4 heteroatoms. The quantitative estimate of drug-likeness (QED) is 0.746. The molecule has 1 aromatic rings. The lowest BCUT2D eigenvalue weighted by atomic mass is 10.1. The molecule has 0 bridgehead atoms. The van der Waals surface area contributed by atoms with Gasteiger partial charge >= 0.3 is 0 Å². The van der Waals surface area contributed by atoms with Crippen molar-refractivity contribution in [3.05, 3.63) is 29.8 Å². The van der Waals surface area contributed by atoms with Crippen LogP contribution >= 0.6 is 0 Å².